The molecule has 0 amide bonds. The first kappa shape index (κ1) is 14.9. The highest BCUT2D eigenvalue weighted by atomic mass is 16.5. The van der Waals surface area contributed by atoms with Gasteiger partial charge in [-0.3, -0.25) is 0 Å². The summed E-state index contributed by atoms with van der Waals surface area (Å²) in [5.41, 5.74) is 1.48. The number of methoxy groups -OCH3 is 1. The Kier molecular flexibility index (Phi) is 5.18. The van der Waals surface area contributed by atoms with Crippen molar-refractivity contribution < 1.29 is 4.74 Å². The highest BCUT2D eigenvalue weighted by molar-refractivity contribution is 5.30. The minimum Gasteiger partial charge on any atom is -0.497 e. The summed E-state index contributed by atoms with van der Waals surface area (Å²) in [5.74, 6) is 1.71. The van der Waals surface area contributed by atoms with Gasteiger partial charge < -0.3 is 10.1 Å². The van der Waals surface area contributed by atoms with Gasteiger partial charge in [-0.25, -0.2) is 0 Å². The van der Waals surface area contributed by atoms with E-state index >= 15 is 0 Å². The predicted molar refractivity (Wildman–Crippen MR) is 88.0 cm³/mol. The number of nitrogens with one attached hydrogen (secondary N) is 1. The number of rotatable bonds is 4. The third kappa shape index (κ3) is 4.00. The summed E-state index contributed by atoms with van der Waals surface area (Å²) in [4.78, 5) is 0. The van der Waals surface area contributed by atoms with E-state index in [9.17, 15) is 0 Å². The Morgan fingerprint density at radius 1 is 0.857 bits per heavy atom. The third-order valence-electron chi connectivity index (χ3n) is 5.30. The van der Waals surface area contributed by atoms with Crippen LogP contribution in [0.15, 0.2) is 24.3 Å². The summed E-state index contributed by atoms with van der Waals surface area (Å²) in [6.07, 6.45) is 12.6. The molecule has 2 aliphatic carbocycles. The van der Waals surface area contributed by atoms with Crippen molar-refractivity contribution in [2.75, 3.05) is 7.11 Å². The van der Waals surface area contributed by atoms with Crippen molar-refractivity contribution in [2.45, 2.75) is 75.8 Å². The van der Waals surface area contributed by atoms with E-state index < -0.39 is 0 Å². The zero-order valence-electron chi connectivity index (χ0n) is 13.3. The molecule has 3 rings (SSSR count). The fourth-order valence-electron chi connectivity index (χ4n) is 3.86. The smallest absolute Gasteiger partial charge is 0.118 e. The van der Waals surface area contributed by atoms with Crippen molar-refractivity contribution in [3.8, 4) is 5.75 Å². The van der Waals surface area contributed by atoms with Crippen LogP contribution in [0.25, 0.3) is 0 Å². The molecule has 0 saturated heterocycles. The zero-order valence-corrected chi connectivity index (χ0v) is 13.3. The molecule has 116 valence electrons. The van der Waals surface area contributed by atoms with Gasteiger partial charge in [0.2, 0.25) is 0 Å². The van der Waals surface area contributed by atoms with Crippen LogP contribution in [-0.4, -0.2) is 19.2 Å². The quantitative estimate of drug-likeness (QED) is 0.870. The summed E-state index contributed by atoms with van der Waals surface area (Å²) >= 11 is 0. The van der Waals surface area contributed by atoms with E-state index in [2.05, 4.69) is 29.6 Å². The zero-order chi connectivity index (χ0) is 14.5. The lowest BCUT2D eigenvalue weighted by molar-refractivity contribution is 0.245. The largest absolute Gasteiger partial charge is 0.497 e. The van der Waals surface area contributed by atoms with E-state index in [1.54, 1.807) is 7.11 Å². The van der Waals surface area contributed by atoms with E-state index in [1.807, 2.05) is 0 Å². The highest BCUT2D eigenvalue weighted by Crippen LogP contribution is 2.38. The second-order valence-corrected chi connectivity index (χ2v) is 6.85. The predicted octanol–water partition coefficient (Wildman–Crippen LogP) is 4.64. The molecule has 1 aromatic carbocycles. The standard InChI is InChI=1S/C19H29NO/c1-21-19-11-9-15(10-12-19)16-13-18(14-16)20-17-7-5-3-2-4-6-8-17/h9-12,16-18,20H,2-8,13-14H2,1H3. The molecule has 0 spiro atoms. The molecule has 1 aromatic rings. The highest BCUT2D eigenvalue weighted by Gasteiger charge is 2.31. The van der Waals surface area contributed by atoms with Gasteiger partial charge in [-0.15, -0.1) is 0 Å². The van der Waals surface area contributed by atoms with Crippen LogP contribution in [-0.2, 0) is 0 Å². The van der Waals surface area contributed by atoms with Gasteiger partial charge in [-0.05, 0) is 49.3 Å². The normalized spacial score (nSPS) is 27.5. The maximum absolute atomic E-state index is 5.23. The Labute approximate surface area is 129 Å². The summed E-state index contributed by atoms with van der Waals surface area (Å²) in [6, 6.07) is 10.2. The molecule has 0 radical (unpaired) electrons. The van der Waals surface area contributed by atoms with E-state index in [4.69, 9.17) is 4.74 Å². The Morgan fingerprint density at radius 3 is 2.10 bits per heavy atom. The molecule has 0 unspecified atom stereocenters. The molecule has 0 aromatic heterocycles. The molecule has 21 heavy (non-hydrogen) atoms. The van der Waals surface area contributed by atoms with Crippen molar-refractivity contribution in [3.63, 3.8) is 0 Å². The van der Waals surface area contributed by atoms with Gasteiger partial charge in [0.1, 0.15) is 5.75 Å². The van der Waals surface area contributed by atoms with Crippen LogP contribution in [0.2, 0.25) is 0 Å². The average molecular weight is 287 g/mol. The van der Waals surface area contributed by atoms with Crippen LogP contribution >= 0.6 is 0 Å². The van der Waals surface area contributed by atoms with Crippen molar-refractivity contribution in [1.82, 2.24) is 5.32 Å². The second-order valence-electron chi connectivity index (χ2n) is 6.85. The summed E-state index contributed by atoms with van der Waals surface area (Å²) in [7, 11) is 1.73. The van der Waals surface area contributed by atoms with Gasteiger partial charge in [0.25, 0.3) is 0 Å². The first-order valence-electron chi connectivity index (χ1n) is 8.75. The molecule has 2 aliphatic rings. The van der Waals surface area contributed by atoms with Gasteiger partial charge in [0.05, 0.1) is 7.11 Å². The fraction of sp³-hybridized carbons (Fsp3) is 0.684. The minimum absolute atomic E-state index is 0.751. The molecule has 0 bridgehead atoms. The van der Waals surface area contributed by atoms with Crippen molar-refractivity contribution in [1.29, 1.82) is 0 Å². The fourth-order valence-corrected chi connectivity index (χ4v) is 3.86. The van der Waals surface area contributed by atoms with Crippen molar-refractivity contribution in [3.05, 3.63) is 29.8 Å². The molecule has 2 nitrogen and oxygen atoms in total. The molecule has 2 fully saturated rings. The molecule has 0 heterocycles. The lowest BCUT2D eigenvalue weighted by Gasteiger charge is -2.39. The summed E-state index contributed by atoms with van der Waals surface area (Å²) in [5, 5.41) is 3.92. The molecule has 0 atom stereocenters. The molecular weight excluding hydrogens is 258 g/mol. The maximum atomic E-state index is 5.23. The summed E-state index contributed by atoms with van der Waals surface area (Å²) in [6.45, 7) is 0. The second kappa shape index (κ2) is 7.31. The Bertz CT molecular complexity index is 414. The van der Waals surface area contributed by atoms with E-state index in [1.165, 1.54) is 63.4 Å². The molecule has 2 saturated carbocycles. The molecule has 1 N–H and O–H groups in total. The van der Waals surface area contributed by atoms with Crippen LogP contribution in [0, 0.1) is 0 Å². The lowest BCUT2D eigenvalue weighted by atomic mass is 9.75. The number of ether oxygens (including phenoxy) is 1. The van der Waals surface area contributed by atoms with Gasteiger partial charge >= 0.3 is 0 Å². The topological polar surface area (TPSA) is 21.3 Å². The van der Waals surface area contributed by atoms with Crippen molar-refractivity contribution in [2.24, 2.45) is 0 Å². The molecule has 2 heteroatoms. The average Bonchev–Trinajstić information content (AvgIpc) is 2.44. The first-order chi connectivity index (χ1) is 10.3. The van der Waals surface area contributed by atoms with Crippen LogP contribution in [0.3, 0.4) is 0 Å². The third-order valence-corrected chi connectivity index (χ3v) is 5.30. The number of hydrogen-bond acceptors (Lipinski definition) is 2. The maximum Gasteiger partial charge on any atom is 0.118 e. The number of hydrogen-bond donors (Lipinski definition) is 1. The van der Waals surface area contributed by atoms with E-state index in [-0.39, 0.29) is 0 Å². The SMILES string of the molecule is COc1ccc(C2CC(NC3CCCCCCC3)C2)cc1. The van der Waals surface area contributed by atoms with E-state index in [0.29, 0.717) is 0 Å². The van der Waals surface area contributed by atoms with Gasteiger partial charge in [0.15, 0.2) is 0 Å². The minimum atomic E-state index is 0.751. The van der Waals surface area contributed by atoms with Gasteiger partial charge in [-0.2, -0.15) is 0 Å². The van der Waals surface area contributed by atoms with Crippen LogP contribution in [0.1, 0.15) is 69.3 Å². The molecular formula is C19H29NO. The van der Waals surface area contributed by atoms with Crippen molar-refractivity contribution >= 4 is 0 Å². The Morgan fingerprint density at radius 2 is 1.48 bits per heavy atom. The monoisotopic (exact) mass is 287 g/mol. The van der Waals surface area contributed by atoms with Gasteiger partial charge in [0, 0.05) is 12.1 Å². The van der Waals surface area contributed by atoms with Crippen LogP contribution < -0.4 is 10.1 Å². The Balaban J connectivity index is 1.44. The lowest BCUT2D eigenvalue weighted by Crippen LogP contribution is -2.45. The van der Waals surface area contributed by atoms with Gasteiger partial charge in [-0.1, -0.05) is 44.2 Å². The van der Waals surface area contributed by atoms with Crippen LogP contribution in [0.5, 0.6) is 5.75 Å². The first-order valence-corrected chi connectivity index (χ1v) is 8.75. The summed E-state index contributed by atoms with van der Waals surface area (Å²) < 4.78 is 5.23. The number of benzene rings is 1. The van der Waals surface area contributed by atoms with Crippen LogP contribution in [0.4, 0.5) is 0 Å². The van der Waals surface area contributed by atoms with E-state index in [0.717, 1.165) is 23.8 Å². The molecule has 0 aliphatic heterocycles. The Hall–Kier alpha value is -1.02.